The number of rotatable bonds is 10. The highest BCUT2D eigenvalue weighted by Gasteiger charge is 2.32. The molecule has 8 heteroatoms. The highest BCUT2D eigenvalue weighted by atomic mass is 16.5. The molecule has 0 aliphatic carbocycles. The summed E-state index contributed by atoms with van der Waals surface area (Å²) in [5.41, 5.74) is 7.74. The summed E-state index contributed by atoms with van der Waals surface area (Å²) >= 11 is 0. The molecule has 0 aliphatic rings. The summed E-state index contributed by atoms with van der Waals surface area (Å²) in [6, 6.07) is 18.1. The Bertz CT molecular complexity index is 1400. The van der Waals surface area contributed by atoms with E-state index in [1.807, 2.05) is 44.2 Å². The molecule has 2 heterocycles. The maximum absolute atomic E-state index is 13.9. The number of hydrogen-bond acceptors (Lipinski definition) is 6. The molecule has 2 aromatic carbocycles. The van der Waals surface area contributed by atoms with Gasteiger partial charge in [0.05, 0.1) is 30.6 Å². The number of pyridine rings is 1. The monoisotopic (exact) mass is 499 g/mol. The van der Waals surface area contributed by atoms with Crippen LogP contribution in [0.2, 0.25) is 0 Å². The normalized spacial score (nSPS) is 12.0. The first-order chi connectivity index (χ1) is 17.9. The molecule has 0 saturated carbocycles. The van der Waals surface area contributed by atoms with Gasteiger partial charge in [-0.2, -0.15) is 0 Å². The van der Waals surface area contributed by atoms with Crippen LogP contribution in [0.4, 0.5) is 0 Å². The Kier molecular flexibility index (Phi) is 8.30. The van der Waals surface area contributed by atoms with Crippen LogP contribution < -0.4 is 16.0 Å². The molecule has 0 aliphatic heterocycles. The van der Waals surface area contributed by atoms with Gasteiger partial charge in [-0.3, -0.25) is 19.1 Å². The SMILES string of the molecule is COc1ccc(C(=O)N(CCCN)C(c2nc3ccncc3c(=O)n2Cc2ccccc2)C(C)C)cc1. The summed E-state index contributed by atoms with van der Waals surface area (Å²) in [6.45, 7) is 5.27. The fourth-order valence-electron chi connectivity index (χ4n) is 4.55. The van der Waals surface area contributed by atoms with Crippen LogP contribution in [0, 0.1) is 5.92 Å². The number of aromatic nitrogens is 3. The van der Waals surface area contributed by atoms with Gasteiger partial charge in [-0.25, -0.2) is 4.98 Å². The molecule has 1 amide bonds. The van der Waals surface area contributed by atoms with Crippen molar-refractivity contribution >= 4 is 16.8 Å². The lowest BCUT2D eigenvalue weighted by Gasteiger charge is -2.35. The Balaban J connectivity index is 1.89. The van der Waals surface area contributed by atoms with Crippen LogP contribution in [0.25, 0.3) is 10.9 Å². The van der Waals surface area contributed by atoms with Crippen molar-refractivity contribution in [2.75, 3.05) is 20.2 Å². The van der Waals surface area contributed by atoms with Crippen LogP contribution in [0.3, 0.4) is 0 Å². The van der Waals surface area contributed by atoms with E-state index in [2.05, 4.69) is 4.98 Å². The van der Waals surface area contributed by atoms with Gasteiger partial charge in [0, 0.05) is 24.5 Å². The van der Waals surface area contributed by atoms with Crippen molar-refractivity contribution in [2.24, 2.45) is 11.7 Å². The fourth-order valence-corrected chi connectivity index (χ4v) is 4.55. The zero-order valence-corrected chi connectivity index (χ0v) is 21.5. The fraction of sp³-hybridized carbons (Fsp3) is 0.310. The van der Waals surface area contributed by atoms with Gasteiger partial charge in [-0.05, 0) is 54.8 Å². The van der Waals surface area contributed by atoms with Crippen LogP contribution in [-0.4, -0.2) is 45.5 Å². The molecule has 4 aromatic rings. The van der Waals surface area contributed by atoms with E-state index in [9.17, 15) is 9.59 Å². The van der Waals surface area contributed by atoms with E-state index in [1.165, 1.54) is 0 Å². The third-order valence-corrected chi connectivity index (χ3v) is 6.40. The number of amides is 1. The first-order valence-corrected chi connectivity index (χ1v) is 12.5. The van der Waals surface area contributed by atoms with Crippen molar-refractivity contribution in [3.63, 3.8) is 0 Å². The van der Waals surface area contributed by atoms with E-state index in [0.29, 0.717) is 54.1 Å². The highest BCUT2D eigenvalue weighted by Crippen LogP contribution is 2.30. The molecule has 192 valence electrons. The lowest BCUT2D eigenvalue weighted by Crippen LogP contribution is -2.42. The largest absolute Gasteiger partial charge is 0.497 e. The minimum absolute atomic E-state index is 0.0341. The number of fused-ring (bicyclic) bond motifs is 1. The van der Waals surface area contributed by atoms with Gasteiger partial charge in [0.2, 0.25) is 0 Å². The van der Waals surface area contributed by atoms with Crippen LogP contribution >= 0.6 is 0 Å². The molecule has 1 unspecified atom stereocenters. The van der Waals surface area contributed by atoms with Crippen molar-refractivity contribution in [1.82, 2.24) is 19.4 Å². The highest BCUT2D eigenvalue weighted by molar-refractivity contribution is 5.94. The van der Waals surface area contributed by atoms with Crippen molar-refractivity contribution in [3.8, 4) is 5.75 Å². The van der Waals surface area contributed by atoms with Crippen LogP contribution in [-0.2, 0) is 6.54 Å². The van der Waals surface area contributed by atoms with Crippen LogP contribution in [0.1, 0.15) is 48.1 Å². The predicted octanol–water partition coefficient (Wildman–Crippen LogP) is 4.04. The molecule has 0 spiro atoms. The molecule has 4 rings (SSSR count). The van der Waals surface area contributed by atoms with Crippen LogP contribution in [0.5, 0.6) is 5.75 Å². The second-order valence-corrected chi connectivity index (χ2v) is 9.30. The van der Waals surface area contributed by atoms with E-state index >= 15 is 0 Å². The molecular weight excluding hydrogens is 466 g/mol. The third kappa shape index (κ3) is 5.70. The molecule has 2 N–H and O–H groups in total. The molecule has 0 bridgehead atoms. The molecule has 0 saturated heterocycles. The number of nitrogens with two attached hydrogens (primary N) is 1. The standard InChI is InChI=1S/C29H33N5O3/c1-20(2)26(33(17-7-15-30)28(35)22-10-12-23(37-3)13-11-22)27-32-25-14-16-31-18-24(25)29(36)34(27)19-21-8-5-4-6-9-21/h4-6,8-14,16,18,20,26H,7,15,17,19,30H2,1-3H3. The first-order valence-electron chi connectivity index (χ1n) is 12.5. The van der Waals surface area contributed by atoms with Crippen molar-refractivity contribution < 1.29 is 9.53 Å². The van der Waals surface area contributed by atoms with E-state index in [1.54, 1.807) is 59.3 Å². The van der Waals surface area contributed by atoms with Crippen molar-refractivity contribution in [2.45, 2.75) is 32.9 Å². The number of nitrogens with zero attached hydrogens (tertiary/aromatic N) is 4. The van der Waals surface area contributed by atoms with Crippen molar-refractivity contribution in [3.05, 3.63) is 100 Å². The summed E-state index contributed by atoms with van der Waals surface area (Å²) in [4.78, 5) is 38.6. The zero-order valence-electron chi connectivity index (χ0n) is 21.5. The number of hydrogen-bond donors (Lipinski definition) is 1. The lowest BCUT2D eigenvalue weighted by molar-refractivity contribution is 0.0602. The topological polar surface area (TPSA) is 103 Å². The molecular formula is C29H33N5O3. The Morgan fingerprint density at radius 3 is 2.46 bits per heavy atom. The number of carbonyl (C=O) groups is 1. The van der Waals surface area contributed by atoms with E-state index in [0.717, 1.165) is 5.56 Å². The van der Waals surface area contributed by atoms with E-state index in [-0.39, 0.29) is 17.4 Å². The number of ether oxygens (including phenoxy) is 1. The molecule has 8 nitrogen and oxygen atoms in total. The van der Waals surface area contributed by atoms with Crippen molar-refractivity contribution in [1.29, 1.82) is 0 Å². The van der Waals surface area contributed by atoms with Gasteiger partial charge in [0.25, 0.3) is 11.5 Å². The van der Waals surface area contributed by atoms with Crippen LogP contribution in [0.15, 0.2) is 77.9 Å². The third-order valence-electron chi connectivity index (χ3n) is 6.40. The first kappa shape index (κ1) is 26.0. The average Bonchev–Trinajstić information content (AvgIpc) is 2.93. The van der Waals surface area contributed by atoms with E-state index in [4.69, 9.17) is 15.5 Å². The lowest BCUT2D eigenvalue weighted by atomic mass is 9.98. The van der Waals surface area contributed by atoms with Gasteiger partial charge >= 0.3 is 0 Å². The minimum Gasteiger partial charge on any atom is -0.497 e. The second kappa shape index (κ2) is 11.8. The van der Waals surface area contributed by atoms with E-state index < -0.39 is 6.04 Å². The summed E-state index contributed by atoms with van der Waals surface area (Å²) in [5, 5.41) is 0.444. The number of methoxy groups -OCH3 is 1. The quantitative estimate of drug-likeness (QED) is 0.353. The molecule has 0 fully saturated rings. The Morgan fingerprint density at radius 1 is 1.08 bits per heavy atom. The summed E-state index contributed by atoms with van der Waals surface area (Å²) in [7, 11) is 1.59. The Morgan fingerprint density at radius 2 is 1.81 bits per heavy atom. The maximum atomic E-state index is 13.9. The second-order valence-electron chi connectivity index (χ2n) is 9.30. The molecule has 1 atom stereocenters. The van der Waals surface area contributed by atoms with Gasteiger partial charge < -0.3 is 15.4 Å². The Hall–Kier alpha value is -4.04. The average molecular weight is 500 g/mol. The van der Waals surface area contributed by atoms with Gasteiger partial charge in [0.1, 0.15) is 11.6 Å². The van der Waals surface area contributed by atoms with Gasteiger partial charge in [-0.1, -0.05) is 44.2 Å². The smallest absolute Gasteiger partial charge is 0.263 e. The predicted molar refractivity (Wildman–Crippen MR) is 145 cm³/mol. The van der Waals surface area contributed by atoms with Gasteiger partial charge in [0.15, 0.2) is 0 Å². The maximum Gasteiger partial charge on any atom is 0.263 e. The molecule has 37 heavy (non-hydrogen) atoms. The number of carbonyl (C=O) groups excluding carboxylic acids is 1. The number of benzene rings is 2. The molecule has 2 aromatic heterocycles. The minimum atomic E-state index is -0.463. The van der Waals surface area contributed by atoms with Gasteiger partial charge in [-0.15, -0.1) is 0 Å². The Labute approximate surface area is 216 Å². The summed E-state index contributed by atoms with van der Waals surface area (Å²) < 4.78 is 6.94. The molecule has 0 radical (unpaired) electrons. The summed E-state index contributed by atoms with van der Waals surface area (Å²) in [6.07, 6.45) is 3.79. The summed E-state index contributed by atoms with van der Waals surface area (Å²) in [5.74, 6) is 1.03. The zero-order chi connectivity index (χ0) is 26.4.